The number of phenols is 1. The van der Waals surface area contributed by atoms with Crippen LogP contribution in [0.2, 0.25) is 0 Å². The minimum Gasteiger partial charge on any atom is -0.508 e. The molecule has 4 heteroatoms. The van der Waals surface area contributed by atoms with E-state index in [0.29, 0.717) is 11.1 Å². The second-order valence-corrected chi connectivity index (χ2v) is 6.96. The van der Waals surface area contributed by atoms with Gasteiger partial charge in [0, 0.05) is 26.1 Å². The number of fused-ring (bicyclic) bond motifs is 1. The van der Waals surface area contributed by atoms with E-state index in [4.69, 9.17) is 4.74 Å². The zero-order valence-corrected chi connectivity index (χ0v) is 14.9. The van der Waals surface area contributed by atoms with Crippen molar-refractivity contribution >= 4 is 27.2 Å². The first kappa shape index (κ1) is 16.4. The molecule has 1 aromatic heterocycles. The van der Waals surface area contributed by atoms with Crippen LogP contribution >= 0.6 is 11.3 Å². The fourth-order valence-corrected chi connectivity index (χ4v) is 4.18. The van der Waals surface area contributed by atoms with Crippen LogP contribution < -0.4 is 4.74 Å². The van der Waals surface area contributed by atoms with E-state index >= 15 is 0 Å². The van der Waals surface area contributed by atoms with E-state index in [1.807, 2.05) is 36.4 Å². The molecular weight excluding hydrogens is 344 g/mol. The quantitative estimate of drug-likeness (QED) is 0.488. The number of hydrogen-bond acceptors (Lipinski definition) is 4. The van der Waals surface area contributed by atoms with Gasteiger partial charge < -0.3 is 9.84 Å². The van der Waals surface area contributed by atoms with E-state index in [1.54, 1.807) is 54.8 Å². The van der Waals surface area contributed by atoms with Gasteiger partial charge in [-0.3, -0.25) is 4.79 Å². The fraction of sp³-hybridized carbons (Fsp3) is 0.0455. The summed E-state index contributed by atoms with van der Waals surface area (Å²) in [6, 6.07) is 22.0. The Morgan fingerprint density at radius 2 is 1.62 bits per heavy atom. The SMILES string of the molecule is COc1ccc(C(=O)c2c(-c3ccc(O)cc3)sc3ccccc23)cc1. The van der Waals surface area contributed by atoms with Crippen LogP contribution in [0.15, 0.2) is 72.8 Å². The lowest BCUT2D eigenvalue weighted by atomic mass is 9.97. The van der Waals surface area contributed by atoms with Crippen molar-refractivity contribution in [1.82, 2.24) is 0 Å². The Labute approximate surface area is 155 Å². The number of phenolic OH excluding ortho intramolecular Hbond substituents is 1. The highest BCUT2D eigenvalue weighted by atomic mass is 32.1. The molecule has 0 fully saturated rings. The summed E-state index contributed by atoms with van der Waals surface area (Å²) in [4.78, 5) is 14.2. The highest BCUT2D eigenvalue weighted by Crippen LogP contribution is 2.40. The van der Waals surface area contributed by atoms with Crippen molar-refractivity contribution in [3.05, 3.63) is 83.9 Å². The Morgan fingerprint density at radius 3 is 2.31 bits per heavy atom. The zero-order chi connectivity index (χ0) is 18.1. The molecule has 4 aromatic rings. The minimum absolute atomic E-state index is 0.0202. The normalized spacial score (nSPS) is 10.8. The molecule has 3 aromatic carbocycles. The summed E-state index contributed by atoms with van der Waals surface area (Å²) in [5, 5.41) is 10.5. The highest BCUT2D eigenvalue weighted by Gasteiger charge is 2.21. The number of hydrogen-bond donors (Lipinski definition) is 1. The van der Waals surface area contributed by atoms with Crippen LogP contribution in [-0.2, 0) is 0 Å². The van der Waals surface area contributed by atoms with Crippen LogP contribution in [0.4, 0.5) is 0 Å². The molecule has 26 heavy (non-hydrogen) atoms. The minimum atomic E-state index is -0.0202. The topological polar surface area (TPSA) is 46.5 Å². The molecule has 3 nitrogen and oxygen atoms in total. The van der Waals surface area contributed by atoms with E-state index in [-0.39, 0.29) is 11.5 Å². The molecule has 0 atom stereocenters. The summed E-state index contributed by atoms with van der Waals surface area (Å²) in [5.74, 6) is 0.904. The molecule has 0 saturated carbocycles. The molecule has 0 aliphatic carbocycles. The molecule has 128 valence electrons. The van der Waals surface area contributed by atoms with Gasteiger partial charge in [-0.25, -0.2) is 0 Å². The first-order valence-corrected chi connectivity index (χ1v) is 8.98. The number of carbonyl (C=O) groups excluding carboxylic acids is 1. The molecule has 1 N–H and O–H groups in total. The van der Waals surface area contributed by atoms with Gasteiger partial charge in [-0.1, -0.05) is 18.2 Å². The first-order chi connectivity index (χ1) is 12.7. The van der Waals surface area contributed by atoms with Gasteiger partial charge in [0.1, 0.15) is 11.5 Å². The number of ether oxygens (including phenoxy) is 1. The number of ketones is 1. The number of carbonyl (C=O) groups is 1. The second kappa shape index (κ2) is 6.65. The maximum absolute atomic E-state index is 13.3. The summed E-state index contributed by atoms with van der Waals surface area (Å²) < 4.78 is 6.24. The Hall–Kier alpha value is -3.11. The van der Waals surface area contributed by atoms with Gasteiger partial charge in [0.05, 0.1) is 7.11 Å². The number of methoxy groups -OCH3 is 1. The molecule has 4 rings (SSSR count). The lowest BCUT2D eigenvalue weighted by Gasteiger charge is -2.06. The number of rotatable bonds is 4. The van der Waals surface area contributed by atoms with E-state index in [0.717, 1.165) is 26.3 Å². The smallest absolute Gasteiger partial charge is 0.195 e. The maximum atomic E-state index is 13.3. The van der Waals surface area contributed by atoms with Crippen molar-refractivity contribution in [2.24, 2.45) is 0 Å². The Morgan fingerprint density at radius 1 is 0.923 bits per heavy atom. The largest absolute Gasteiger partial charge is 0.508 e. The van der Waals surface area contributed by atoms with Crippen LogP contribution in [0.3, 0.4) is 0 Å². The monoisotopic (exact) mass is 360 g/mol. The van der Waals surface area contributed by atoms with Crippen molar-refractivity contribution in [2.75, 3.05) is 7.11 Å². The van der Waals surface area contributed by atoms with E-state index in [1.165, 1.54) is 0 Å². The molecule has 0 unspecified atom stereocenters. The fourth-order valence-electron chi connectivity index (χ4n) is 2.97. The molecule has 0 aliphatic rings. The third-order valence-corrected chi connectivity index (χ3v) is 5.52. The van der Waals surface area contributed by atoms with Crippen molar-refractivity contribution in [1.29, 1.82) is 0 Å². The van der Waals surface area contributed by atoms with Crippen LogP contribution in [0.5, 0.6) is 11.5 Å². The van der Waals surface area contributed by atoms with Crippen LogP contribution in [-0.4, -0.2) is 18.0 Å². The summed E-state index contributed by atoms with van der Waals surface area (Å²) in [5.41, 5.74) is 2.23. The predicted octanol–water partition coefficient (Wildman–Crippen LogP) is 5.51. The van der Waals surface area contributed by atoms with Gasteiger partial charge in [-0.2, -0.15) is 0 Å². The highest BCUT2D eigenvalue weighted by molar-refractivity contribution is 7.22. The number of thiophene rings is 1. The molecule has 1 heterocycles. The summed E-state index contributed by atoms with van der Waals surface area (Å²) in [7, 11) is 1.60. The van der Waals surface area contributed by atoms with Crippen molar-refractivity contribution in [2.45, 2.75) is 0 Å². The van der Waals surface area contributed by atoms with E-state index < -0.39 is 0 Å². The second-order valence-electron chi connectivity index (χ2n) is 5.91. The molecule has 0 radical (unpaired) electrons. The lowest BCUT2D eigenvalue weighted by molar-refractivity contribution is 0.104. The summed E-state index contributed by atoms with van der Waals surface area (Å²) in [6.45, 7) is 0. The Bertz CT molecular complexity index is 1080. The number of benzene rings is 3. The lowest BCUT2D eigenvalue weighted by Crippen LogP contribution is -2.02. The average molecular weight is 360 g/mol. The molecule has 0 saturated heterocycles. The maximum Gasteiger partial charge on any atom is 0.195 e. The van der Waals surface area contributed by atoms with E-state index in [9.17, 15) is 9.90 Å². The zero-order valence-electron chi connectivity index (χ0n) is 14.1. The summed E-state index contributed by atoms with van der Waals surface area (Å²) in [6.07, 6.45) is 0. The number of aromatic hydroxyl groups is 1. The van der Waals surface area contributed by atoms with Crippen molar-refractivity contribution < 1.29 is 14.6 Å². The predicted molar refractivity (Wildman–Crippen MR) is 105 cm³/mol. The van der Waals surface area contributed by atoms with Crippen LogP contribution in [0.25, 0.3) is 20.5 Å². The molecule has 0 spiro atoms. The van der Waals surface area contributed by atoms with Crippen molar-refractivity contribution in [3.8, 4) is 21.9 Å². The van der Waals surface area contributed by atoms with Gasteiger partial charge in [0.15, 0.2) is 5.78 Å². The van der Waals surface area contributed by atoms with Crippen LogP contribution in [0, 0.1) is 0 Å². The van der Waals surface area contributed by atoms with Gasteiger partial charge >= 0.3 is 0 Å². The molecule has 0 bridgehead atoms. The van der Waals surface area contributed by atoms with Gasteiger partial charge in [0.2, 0.25) is 0 Å². The van der Waals surface area contributed by atoms with Gasteiger partial charge in [-0.15, -0.1) is 11.3 Å². The summed E-state index contributed by atoms with van der Waals surface area (Å²) >= 11 is 1.59. The van der Waals surface area contributed by atoms with E-state index in [2.05, 4.69) is 0 Å². The standard InChI is InChI=1S/C22H16O3S/c1-25-17-12-8-14(9-13-17)21(24)20-18-4-2-3-5-19(18)26-22(20)15-6-10-16(23)11-7-15/h2-13,23H,1H3. The Balaban J connectivity index is 1.90. The van der Waals surface area contributed by atoms with Gasteiger partial charge in [-0.05, 0) is 60.2 Å². The van der Waals surface area contributed by atoms with Gasteiger partial charge in [0.25, 0.3) is 0 Å². The first-order valence-electron chi connectivity index (χ1n) is 8.17. The average Bonchev–Trinajstić information content (AvgIpc) is 3.07. The Kier molecular flexibility index (Phi) is 4.19. The molecular formula is C22H16O3S. The third-order valence-electron chi connectivity index (χ3n) is 4.30. The molecule has 0 amide bonds. The third kappa shape index (κ3) is 2.85. The van der Waals surface area contributed by atoms with Crippen LogP contribution in [0.1, 0.15) is 15.9 Å². The van der Waals surface area contributed by atoms with Crippen molar-refractivity contribution in [3.63, 3.8) is 0 Å². The molecule has 0 aliphatic heterocycles.